The molecule has 5 nitrogen and oxygen atoms in total. The standard InChI is InChI=1S/C15H14FN3O2/c1-3-10-7-13(19-18-10)17-15(20)14-8(2)11-6-9(16)4-5-12(11)21-14/h4-7H,3H2,1-2H3,(H2,17,18,19,20). The van der Waals surface area contributed by atoms with Crippen LogP contribution in [0.1, 0.15) is 28.7 Å². The van der Waals surface area contributed by atoms with Gasteiger partial charge in [0.15, 0.2) is 11.6 Å². The highest BCUT2D eigenvalue weighted by Gasteiger charge is 2.18. The fraction of sp³-hybridized carbons (Fsp3) is 0.200. The molecule has 3 aromatic rings. The number of aryl methyl sites for hydroxylation is 2. The fourth-order valence-electron chi connectivity index (χ4n) is 2.19. The van der Waals surface area contributed by atoms with Crippen molar-refractivity contribution < 1.29 is 13.6 Å². The molecule has 1 amide bonds. The van der Waals surface area contributed by atoms with Crippen LogP contribution in [0.3, 0.4) is 0 Å². The zero-order valence-electron chi connectivity index (χ0n) is 11.7. The van der Waals surface area contributed by atoms with Crippen LogP contribution in [0.4, 0.5) is 10.2 Å². The van der Waals surface area contributed by atoms with Crippen LogP contribution in [-0.2, 0) is 6.42 Å². The Bertz CT molecular complexity index is 820. The van der Waals surface area contributed by atoms with Gasteiger partial charge in [0.1, 0.15) is 11.4 Å². The first kappa shape index (κ1) is 13.4. The summed E-state index contributed by atoms with van der Waals surface area (Å²) in [6, 6.07) is 5.93. The molecule has 0 aliphatic rings. The normalized spacial score (nSPS) is 11.0. The van der Waals surface area contributed by atoms with E-state index in [9.17, 15) is 9.18 Å². The minimum absolute atomic E-state index is 0.164. The second-order valence-corrected chi connectivity index (χ2v) is 4.78. The summed E-state index contributed by atoms with van der Waals surface area (Å²) in [6.45, 7) is 3.71. The van der Waals surface area contributed by atoms with Gasteiger partial charge in [-0.25, -0.2) is 4.39 Å². The number of furan rings is 1. The predicted molar refractivity (Wildman–Crippen MR) is 76.8 cm³/mol. The summed E-state index contributed by atoms with van der Waals surface area (Å²) in [5, 5.41) is 10.1. The molecule has 1 aromatic carbocycles. The highest BCUT2D eigenvalue weighted by Crippen LogP contribution is 2.26. The lowest BCUT2D eigenvalue weighted by Gasteiger charge is -1.99. The summed E-state index contributed by atoms with van der Waals surface area (Å²) < 4.78 is 18.8. The van der Waals surface area contributed by atoms with Crippen molar-refractivity contribution in [2.75, 3.05) is 5.32 Å². The van der Waals surface area contributed by atoms with E-state index in [1.165, 1.54) is 18.2 Å². The monoisotopic (exact) mass is 287 g/mol. The maximum Gasteiger partial charge on any atom is 0.292 e. The minimum Gasteiger partial charge on any atom is -0.451 e. The number of halogens is 1. The molecule has 0 aliphatic carbocycles. The van der Waals surface area contributed by atoms with Crippen molar-refractivity contribution >= 4 is 22.7 Å². The molecule has 0 bridgehead atoms. The number of amides is 1. The average molecular weight is 287 g/mol. The van der Waals surface area contributed by atoms with Gasteiger partial charge < -0.3 is 9.73 Å². The minimum atomic E-state index is -0.404. The number of H-pyrrole nitrogens is 1. The first-order chi connectivity index (χ1) is 10.1. The summed E-state index contributed by atoms with van der Waals surface area (Å²) in [7, 11) is 0. The quantitative estimate of drug-likeness (QED) is 0.775. The number of aromatic amines is 1. The van der Waals surface area contributed by atoms with Gasteiger partial charge in [-0.1, -0.05) is 6.92 Å². The Balaban J connectivity index is 1.92. The number of carbonyl (C=O) groups excluding carboxylic acids is 1. The predicted octanol–water partition coefficient (Wildman–Crippen LogP) is 3.42. The second-order valence-electron chi connectivity index (χ2n) is 4.78. The van der Waals surface area contributed by atoms with Gasteiger partial charge in [0.25, 0.3) is 5.91 Å². The molecule has 0 spiro atoms. The van der Waals surface area contributed by atoms with Crippen LogP contribution in [0.2, 0.25) is 0 Å². The maximum atomic E-state index is 13.3. The first-order valence-corrected chi connectivity index (χ1v) is 6.62. The molecule has 3 rings (SSSR count). The Morgan fingerprint density at radius 3 is 2.95 bits per heavy atom. The van der Waals surface area contributed by atoms with Crippen LogP contribution in [-0.4, -0.2) is 16.1 Å². The smallest absolute Gasteiger partial charge is 0.292 e. The number of fused-ring (bicyclic) bond motifs is 1. The van der Waals surface area contributed by atoms with Crippen molar-refractivity contribution in [2.45, 2.75) is 20.3 Å². The Hall–Kier alpha value is -2.63. The molecule has 6 heteroatoms. The van der Waals surface area contributed by atoms with Crippen LogP contribution in [0, 0.1) is 12.7 Å². The van der Waals surface area contributed by atoms with Crippen LogP contribution in [0.5, 0.6) is 0 Å². The molecular formula is C15H14FN3O2. The van der Waals surface area contributed by atoms with Crippen molar-refractivity contribution in [3.05, 3.63) is 47.1 Å². The zero-order valence-corrected chi connectivity index (χ0v) is 11.7. The van der Waals surface area contributed by atoms with E-state index in [1.807, 2.05) is 6.92 Å². The highest BCUT2D eigenvalue weighted by molar-refractivity contribution is 6.06. The molecular weight excluding hydrogens is 273 g/mol. The summed E-state index contributed by atoms with van der Waals surface area (Å²) in [4.78, 5) is 12.2. The van der Waals surface area contributed by atoms with Crippen molar-refractivity contribution in [1.29, 1.82) is 0 Å². The van der Waals surface area contributed by atoms with E-state index in [-0.39, 0.29) is 11.6 Å². The second kappa shape index (κ2) is 5.05. The third kappa shape index (κ3) is 2.40. The van der Waals surface area contributed by atoms with E-state index in [0.717, 1.165) is 12.1 Å². The van der Waals surface area contributed by atoms with Gasteiger partial charge in [0.2, 0.25) is 0 Å². The number of anilines is 1. The molecule has 2 heterocycles. The number of hydrogen-bond donors (Lipinski definition) is 2. The van der Waals surface area contributed by atoms with Gasteiger partial charge in [-0.05, 0) is 31.5 Å². The lowest BCUT2D eigenvalue weighted by molar-refractivity contribution is 0.0997. The van der Waals surface area contributed by atoms with Crippen LogP contribution in [0.15, 0.2) is 28.7 Å². The van der Waals surface area contributed by atoms with Gasteiger partial charge in [0.05, 0.1) is 0 Å². The zero-order chi connectivity index (χ0) is 15.0. The lowest BCUT2D eigenvalue weighted by Crippen LogP contribution is -2.12. The Morgan fingerprint density at radius 2 is 2.24 bits per heavy atom. The number of aromatic nitrogens is 2. The Morgan fingerprint density at radius 1 is 1.43 bits per heavy atom. The summed E-state index contributed by atoms with van der Waals surface area (Å²) in [5.74, 6) is -0.170. The molecule has 21 heavy (non-hydrogen) atoms. The fourth-order valence-corrected chi connectivity index (χ4v) is 2.19. The van der Waals surface area contributed by atoms with Crippen molar-refractivity contribution in [2.24, 2.45) is 0 Å². The average Bonchev–Trinajstić information content (AvgIpc) is 3.04. The molecule has 2 N–H and O–H groups in total. The van der Waals surface area contributed by atoms with E-state index in [1.54, 1.807) is 13.0 Å². The number of hydrogen-bond acceptors (Lipinski definition) is 3. The van der Waals surface area contributed by atoms with Gasteiger partial charge in [-0.15, -0.1) is 0 Å². The van der Waals surface area contributed by atoms with Crippen molar-refractivity contribution in [3.63, 3.8) is 0 Å². The van der Waals surface area contributed by atoms with E-state index in [2.05, 4.69) is 15.5 Å². The third-order valence-corrected chi connectivity index (χ3v) is 3.36. The Kier molecular flexibility index (Phi) is 3.21. The van der Waals surface area contributed by atoms with Crippen LogP contribution >= 0.6 is 0 Å². The maximum absolute atomic E-state index is 13.3. The number of carbonyl (C=O) groups is 1. The van der Waals surface area contributed by atoms with Gasteiger partial charge in [-0.2, -0.15) is 5.10 Å². The molecule has 2 aromatic heterocycles. The molecule has 0 saturated heterocycles. The highest BCUT2D eigenvalue weighted by atomic mass is 19.1. The molecule has 0 fully saturated rings. The molecule has 0 unspecified atom stereocenters. The largest absolute Gasteiger partial charge is 0.451 e. The lowest BCUT2D eigenvalue weighted by atomic mass is 10.1. The molecule has 0 radical (unpaired) electrons. The molecule has 0 aliphatic heterocycles. The number of nitrogens with zero attached hydrogens (tertiary/aromatic N) is 1. The number of nitrogens with one attached hydrogen (secondary N) is 2. The summed E-state index contributed by atoms with van der Waals surface area (Å²) in [5.41, 5.74) is 2.01. The first-order valence-electron chi connectivity index (χ1n) is 6.62. The SMILES string of the molecule is CCc1cc(NC(=O)c2oc3ccc(F)cc3c2C)n[nH]1. The Labute approximate surface area is 120 Å². The molecule has 0 atom stereocenters. The van der Waals surface area contributed by atoms with E-state index < -0.39 is 5.91 Å². The van der Waals surface area contributed by atoms with E-state index in [0.29, 0.717) is 22.4 Å². The number of rotatable bonds is 3. The molecule has 0 saturated carbocycles. The van der Waals surface area contributed by atoms with E-state index in [4.69, 9.17) is 4.42 Å². The van der Waals surface area contributed by atoms with Crippen LogP contribution in [0.25, 0.3) is 11.0 Å². The van der Waals surface area contributed by atoms with Gasteiger partial charge in [0, 0.05) is 22.7 Å². The van der Waals surface area contributed by atoms with Gasteiger partial charge >= 0.3 is 0 Å². The topological polar surface area (TPSA) is 70.9 Å². The van der Waals surface area contributed by atoms with E-state index >= 15 is 0 Å². The number of benzene rings is 1. The van der Waals surface area contributed by atoms with Crippen LogP contribution < -0.4 is 5.32 Å². The van der Waals surface area contributed by atoms with Gasteiger partial charge in [-0.3, -0.25) is 9.89 Å². The third-order valence-electron chi connectivity index (χ3n) is 3.36. The molecule has 108 valence electrons. The summed E-state index contributed by atoms with van der Waals surface area (Å²) in [6.07, 6.45) is 0.797. The van der Waals surface area contributed by atoms with Crippen molar-refractivity contribution in [3.8, 4) is 0 Å². The van der Waals surface area contributed by atoms with Crippen molar-refractivity contribution in [1.82, 2.24) is 10.2 Å². The summed E-state index contributed by atoms with van der Waals surface area (Å²) >= 11 is 0.